The summed E-state index contributed by atoms with van der Waals surface area (Å²) in [7, 11) is 0. The van der Waals surface area contributed by atoms with Crippen LogP contribution in [0.15, 0.2) is 53.0 Å². The van der Waals surface area contributed by atoms with Crippen molar-refractivity contribution in [2.75, 3.05) is 5.32 Å². The highest BCUT2D eigenvalue weighted by Crippen LogP contribution is 2.25. The van der Waals surface area contributed by atoms with E-state index in [0.717, 1.165) is 4.47 Å². The summed E-state index contributed by atoms with van der Waals surface area (Å²) < 4.78 is 6.48. The molecule has 0 aliphatic rings. The summed E-state index contributed by atoms with van der Waals surface area (Å²) in [5, 5.41) is 3.36. The van der Waals surface area contributed by atoms with Gasteiger partial charge >= 0.3 is 0 Å². The van der Waals surface area contributed by atoms with Crippen LogP contribution >= 0.6 is 27.5 Å². The van der Waals surface area contributed by atoms with Gasteiger partial charge in [-0.05, 0) is 52.7 Å². The minimum Gasteiger partial charge on any atom is -0.481 e. The van der Waals surface area contributed by atoms with Crippen molar-refractivity contribution in [1.82, 2.24) is 0 Å². The van der Waals surface area contributed by atoms with E-state index in [4.69, 9.17) is 16.3 Å². The third-order valence-corrected chi connectivity index (χ3v) is 4.10. The predicted molar refractivity (Wildman–Crippen MR) is 88.9 cm³/mol. The zero-order valence-corrected chi connectivity index (χ0v) is 13.8. The molecule has 3 nitrogen and oxygen atoms in total. The fourth-order valence-electron chi connectivity index (χ4n) is 1.78. The lowest BCUT2D eigenvalue weighted by atomic mass is 10.2. The van der Waals surface area contributed by atoms with Gasteiger partial charge in [0.15, 0.2) is 6.10 Å². The van der Waals surface area contributed by atoms with E-state index < -0.39 is 6.10 Å². The van der Waals surface area contributed by atoms with Crippen molar-refractivity contribution >= 4 is 39.1 Å². The molecule has 0 saturated heterocycles. The van der Waals surface area contributed by atoms with E-state index in [2.05, 4.69) is 21.2 Å². The fourth-order valence-corrected chi connectivity index (χ4v) is 2.21. The summed E-state index contributed by atoms with van der Waals surface area (Å²) in [5.74, 6) is 0.480. The fraction of sp³-hybridized carbons (Fsp3) is 0.188. The first-order chi connectivity index (χ1) is 10.1. The molecule has 0 aromatic heterocycles. The van der Waals surface area contributed by atoms with Crippen molar-refractivity contribution < 1.29 is 9.53 Å². The van der Waals surface area contributed by atoms with Crippen LogP contribution in [0.2, 0.25) is 5.02 Å². The number of hydrogen-bond donors (Lipinski definition) is 1. The molecular formula is C16H15BrClNO2. The van der Waals surface area contributed by atoms with Gasteiger partial charge in [-0.3, -0.25) is 4.79 Å². The van der Waals surface area contributed by atoms with Crippen molar-refractivity contribution in [3.05, 3.63) is 58.0 Å². The van der Waals surface area contributed by atoms with Crippen LogP contribution in [0, 0.1) is 0 Å². The molecule has 0 aliphatic carbocycles. The van der Waals surface area contributed by atoms with Crippen LogP contribution in [0.3, 0.4) is 0 Å². The van der Waals surface area contributed by atoms with Crippen LogP contribution in [0.4, 0.5) is 5.69 Å². The third kappa shape index (κ3) is 4.48. The Morgan fingerprint density at radius 1 is 1.29 bits per heavy atom. The second kappa shape index (κ2) is 7.48. The number of para-hydroxylation sites is 1. The lowest BCUT2D eigenvalue weighted by molar-refractivity contribution is -0.122. The van der Waals surface area contributed by atoms with Crippen molar-refractivity contribution in [2.24, 2.45) is 0 Å². The molecule has 0 bridgehead atoms. The number of benzene rings is 2. The van der Waals surface area contributed by atoms with Gasteiger partial charge in [0, 0.05) is 10.2 Å². The molecule has 2 aromatic carbocycles. The van der Waals surface area contributed by atoms with E-state index in [-0.39, 0.29) is 5.91 Å². The number of carbonyl (C=O) groups is 1. The molecule has 1 N–H and O–H groups in total. The maximum atomic E-state index is 12.3. The Labute approximate surface area is 137 Å². The van der Waals surface area contributed by atoms with Crippen LogP contribution in [-0.2, 0) is 4.79 Å². The van der Waals surface area contributed by atoms with E-state index in [1.165, 1.54) is 0 Å². The molecule has 110 valence electrons. The molecule has 0 saturated carbocycles. The smallest absolute Gasteiger partial charge is 0.265 e. The molecule has 5 heteroatoms. The summed E-state index contributed by atoms with van der Waals surface area (Å²) in [6.07, 6.45) is 0.0279. The summed E-state index contributed by atoms with van der Waals surface area (Å²) >= 11 is 9.32. The molecule has 0 heterocycles. The molecule has 0 spiro atoms. The molecule has 21 heavy (non-hydrogen) atoms. The van der Waals surface area contributed by atoms with Crippen molar-refractivity contribution in [2.45, 2.75) is 19.4 Å². The van der Waals surface area contributed by atoms with Crippen LogP contribution in [0.25, 0.3) is 0 Å². The highest BCUT2D eigenvalue weighted by atomic mass is 79.9. The van der Waals surface area contributed by atoms with Gasteiger partial charge in [-0.1, -0.05) is 36.7 Å². The van der Waals surface area contributed by atoms with E-state index in [1.807, 2.05) is 37.3 Å². The average Bonchev–Trinajstić information content (AvgIpc) is 2.49. The van der Waals surface area contributed by atoms with Gasteiger partial charge in [0.1, 0.15) is 5.75 Å². The van der Waals surface area contributed by atoms with Gasteiger partial charge in [-0.25, -0.2) is 0 Å². The van der Waals surface area contributed by atoms with E-state index in [0.29, 0.717) is 22.9 Å². The largest absolute Gasteiger partial charge is 0.481 e. The molecule has 0 aliphatic heterocycles. The lowest BCUT2D eigenvalue weighted by Gasteiger charge is -2.17. The number of nitrogens with one attached hydrogen (secondary N) is 1. The molecule has 0 fully saturated rings. The van der Waals surface area contributed by atoms with Crippen LogP contribution < -0.4 is 10.1 Å². The quantitative estimate of drug-likeness (QED) is 0.815. The number of ether oxygens (including phenoxy) is 1. The number of anilines is 1. The van der Waals surface area contributed by atoms with Gasteiger partial charge in [0.05, 0.1) is 5.02 Å². The average molecular weight is 369 g/mol. The highest BCUT2D eigenvalue weighted by Gasteiger charge is 2.18. The molecule has 0 radical (unpaired) electrons. The van der Waals surface area contributed by atoms with E-state index in [1.54, 1.807) is 18.2 Å². The third-order valence-electron chi connectivity index (χ3n) is 2.87. The minimum atomic E-state index is -0.546. The van der Waals surface area contributed by atoms with Gasteiger partial charge in [0.25, 0.3) is 5.91 Å². The van der Waals surface area contributed by atoms with Crippen LogP contribution in [0.5, 0.6) is 5.75 Å². The second-order valence-electron chi connectivity index (χ2n) is 4.45. The minimum absolute atomic E-state index is 0.195. The second-order valence-corrected chi connectivity index (χ2v) is 5.71. The zero-order valence-electron chi connectivity index (χ0n) is 11.5. The Morgan fingerprint density at radius 3 is 2.62 bits per heavy atom. The first-order valence-corrected chi connectivity index (χ1v) is 7.75. The Balaban J connectivity index is 2.04. The number of rotatable bonds is 5. The first-order valence-electron chi connectivity index (χ1n) is 6.57. The molecule has 2 aromatic rings. The predicted octanol–water partition coefficient (Wildman–Crippen LogP) is 4.90. The topological polar surface area (TPSA) is 38.3 Å². The molecule has 0 unspecified atom stereocenters. The van der Waals surface area contributed by atoms with Gasteiger partial charge in [-0.15, -0.1) is 0 Å². The summed E-state index contributed by atoms with van der Waals surface area (Å²) in [5.41, 5.74) is 0.642. The van der Waals surface area contributed by atoms with Crippen molar-refractivity contribution in [3.8, 4) is 5.75 Å². The molecule has 1 amide bonds. The Morgan fingerprint density at radius 2 is 2.00 bits per heavy atom. The summed E-state index contributed by atoms with van der Waals surface area (Å²) in [6, 6.07) is 14.6. The SMILES string of the molecule is CC[C@@H](Oc1ccccc1)C(=O)Nc1ccc(Br)c(Cl)c1. The van der Waals surface area contributed by atoms with Crippen molar-refractivity contribution in [3.63, 3.8) is 0 Å². The summed E-state index contributed by atoms with van der Waals surface area (Å²) in [6.45, 7) is 1.90. The Hall–Kier alpha value is -1.52. The lowest BCUT2D eigenvalue weighted by Crippen LogP contribution is -2.32. The van der Waals surface area contributed by atoms with Crippen LogP contribution in [-0.4, -0.2) is 12.0 Å². The first kappa shape index (κ1) is 15.9. The Bertz CT molecular complexity index is 619. The summed E-state index contributed by atoms with van der Waals surface area (Å²) in [4.78, 5) is 12.3. The van der Waals surface area contributed by atoms with Gasteiger partial charge in [-0.2, -0.15) is 0 Å². The number of hydrogen-bond acceptors (Lipinski definition) is 2. The Kier molecular flexibility index (Phi) is 5.65. The van der Waals surface area contributed by atoms with Crippen LogP contribution in [0.1, 0.15) is 13.3 Å². The molecule has 2 rings (SSSR count). The number of amides is 1. The number of carbonyl (C=O) groups excluding carboxylic acids is 1. The zero-order chi connectivity index (χ0) is 15.2. The molecule has 1 atom stereocenters. The molecular weight excluding hydrogens is 354 g/mol. The maximum Gasteiger partial charge on any atom is 0.265 e. The van der Waals surface area contributed by atoms with E-state index >= 15 is 0 Å². The van der Waals surface area contributed by atoms with Gasteiger partial charge < -0.3 is 10.1 Å². The van der Waals surface area contributed by atoms with Gasteiger partial charge in [0.2, 0.25) is 0 Å². The number of halogens is 2. The maximum absolute atomic E-state index is 12.3. The van der Waals surface area contributed by atoms with E-state index in [9.17, 15) is 4.79 Å². The van der Waals surface area contributed by atoms with Crippen molar-refractivity contribution in [1.29, 1.82) is 0 Å². The highest BCUT2D eigenvalue weighted by molar-refractivity contribution is 9.10. The standard InChI is InChI=1S/C16H15BrClNO2/c1-2-15(21-12-6-4-3-5-7-12)16(20)19-11-8-9-13(17)14(18)10-11/h3-10,15H,2H2,1H3,(H,19,20)/t15-/m1/s1. The monoisotopic (exact) mass is 367 g/mol. The normalized spacial score (nSPS) is 11.8.